The number of carbonyl (C=O) groups excluding carboxylic acids is 3. The van der Waals surface area contributed by atoms with Gasteiger partial charge in [0.2, 0.25) is 17.7 Å². The lowest BCUT2D eigenvalue weighted by Crippen LogP contribution is -2.57. The molecular weight excluding hydrogens is 418 g/mol. The summed E-state index contributed by atoms with van der Waals surface area (Å²) in [6.45, 7) is -1.23. The molecule has 0 aromatic rings. The topological polar surface area (TPSA) is 235 Å². The molecule has 0 saturated heterocycles. The van der Waals surface area contributed by atoms with Gasteiger partial charge in [-0.1, -0.05) is 0 Å². The van der Waals surface area contributed by atoms with E-state index in [0.29, 0.717) is 18.6 Å². The van der Waals surface area contributed by atoms with Gasteiger partial charge in [-0.2, -0.15) is 11.8 Å². The monoisotopic (exact) mass is 449 g/mol. The Bertz CT molecular complexity index is 615. The Kier molecular flexibility index (Phi) is 14.0. The first-order valence-corrected chi connectivity index (χ1v) is 10.5. The lowest BCUT2D eigenvalue weighted by Gasteiger charge is -2.23. The summed E-state index contributed by atoms with van der Waals surface area (Å²) >= 11 is 1.52. The zero-order valence-corrected chi connectivity index (χ0v) is 17.6. The number of aliphatic carboxylic acids is 1. The van der Waals surface area contributed by atoms with E-state index in [-0.39, 0.29) is 18.9 Å². The minimum Gasteiger partial charge on any atom is -0.480 e. The van der Waals surface area contributed by atoms with Gasteiger partial charge in [0.15, 0.2) is 5.96 Å². The summed E-state index contributed by atoms with van der Waals surface area (Å²) in [5, 5.41) is 24.8. The zero-order valence-electron chi connectivity index (χ0n) is 16.8. The van der Waals surface area contributed by atoms with Crippen LogP contribution in [0.4, 0.5) is 0 Å². The van der Waals surface area contributed by atoms with Crippen molar-refractivity contribution in [2.75, 3.05) is 31.7 Å². The fourth-order valence-electron chi connectivity index (χ4n) is 2.18. The number of nitrogens with two attached hydrogens (primary N) is 3. The molecule has 0 aromatic heterocycles. The molecule has 3 unspecified atom stereocenters. The van der Waals surface area contributed by atoms with Crippen molar-refractivity contribution in [2.45, 2.75) is 37.4 Å². The van der Waals surface area contributed by atoms with Gasteiger partial charge in [-0.15, -0.1) is 0 Å². The van der Waals surface area contributed by atoms with Crippen LogP contribution in [0.25, 0.3) is 0 Å². The average molecular weight is 450 g/mol. The molecular formula is C16H31N7O6S. The molecule has 0 aliphatic rings. The maximum absolute atomic E-state index is 12.6. The molecule has 11 N–H and O–H groups in total. The molecule has 0 spiro atoms. The number of thioether (sulfide) groups is 1. The third-order valence-electron chi connectivity index (χ3n) is 3.78. The fraction of sp³-hybridized carbons (Fsp3) is 0.688. The van der Waals surface area contributed by atoms with E-state index in [4.69, 9.17) is 22.3 Å². The van der Waals surface area contributed by atoms with E-state index >= 15 is 0 Å². The zero-order chi connectivity index (χ0) is 23.1. The van der Waals surface area contributed by atoms with Crippen LogP contribution >= 0.6 is 11.8 Å². The lowest BCUT2D eigenvalue weighted by molar-refractivity contribution is -0.139. The molecule has 0 saturated carbocycles. The minimum atomic E-state index is -1.39. The van der Waals surface area contributed by atoms with Crippen LogP contribution < -0.4 is 33.2 Å². The van der Waals surface area contributed by atoms with Crippen molar-refractivity contribution in [1.82, 2.24) is 16.0 Å². The molecule has 30 heavy (non-hydrogen) atoms. The molecule has 0 fully saturated rings. The summed E-state index contributed by atoms with van der Waals surface area (Å²) in [4.78, 5) is 51.1. The molecule has 3 atom stereocenters. The van der Waals surface area contributed by atoms with Gasteiger partial charge in [0.05, 0.1) is 12.6 Å². The molecule has 0 aliphatic heterocycles. The van der Waals surface area contributed by atoms with E-state index in [2.05, 4.69) is 20.9 Å². The van der Waals surface area contributed by atoms with E-state index in [9.17, 15) is 24.3 Å². The molecule has 0 rings (SSSR count). The number of amides is 3. The number of nitrogens with zero attached hydrogens (tertiary/aromatic N) is 1. The molecule has 0 aliphatic carbocycles. The maximum Gasteiger partial charge on any atom is 0.322 e. The number of carboxylic acids is 1. The highest BCUT2D eigenvalue weighted by atomic mass is 32.2. The molecule has 0 radical (unpaired) electrons. The van der Waals surface area contributed by atoms with Gasteiger partial charge in [-0.25, -0.2) is 0 Å². The minimum absolute atomic E-state index is 0.116. The van der Waals surface area contributed by atoms with Crippen molar-refractivity contribution >= 4 is 41.4 Å². The Morgan fingerprint density at radius 2 is 1.67 bits per heavy atom. The van der Waals surface area contributed by atoms with Crippen molar-refractivity contribution < 1.29 is 29.4 Å². The first kappa shape index (κ1) is 27.4. The van der Waals surface area contributed by atoms with Gasteiger partial charge in [0.25, 0.3) is 0 Å². The SMILES string of the molecule is CSCCC(N)C(=O)NC(CCCN=C(N)N)C(=O)NC(CO)C(=O)NCC(=O)O. The van der Waals surface area contributed by atoms with Crippen LogP contribution in [0.1, 0.15) is 19.3 Å². The molecule has 3 amide bonds. The number of carbonyl (C=O) groups is 4. The van der Waals surface area contributed by atoms with Crippen molar-refractivity contribution in [3.05, 3.63) is 0 Å². The summed E-state index contributed by atoms with van der Waals surface area (Å²) in [6, 6.07) is -3.27. The van der Waals surface area contributed by atoms with E-state index in [1.165, 1.54) is 11.8 Å². The summed E-state index contributed by atoms with van der Waals surface area (Å²) < 4.78 is 0. The van der Waals surface area contributed by atoms with Gasteiger partial charge in [-0.05, 0) is 31.3 Å². The van der Waals surface area contributed by atoms with Gasteiger partial charge >= 0.3 is 5.97 Å². The van der Waals surface area contributed by atoms with Crippen molar-refractivity contribution in [3.8, 4) is 0 Å². The highest BCUT2D eigenvalue weighted by molar-refractivity contribution is 7.98. The predicted octanol–water partition coefficient (Wildman–Crippen LogP) is -3.72. The number of aliphatic imine (C=N–C) groups is 1. The van der Waals surface area contributed by atoms with E-state index in [0.717, 1.165) is 0 Å². The normalized spacial score (nSPS) is 13.4. The van der Waals surface area contributed by atoms with Crippen molar-refractivity contribution in [3.63, 3.8) is 0 Å². The Labute approximate surface area is 178 Å². The van der Waals surface area contributed by atoms with Crippen LogP contribution in [0.15, 0.2) is 4.99 Å². The van der Waals surface area contributed by atoms with Crippen LogP contribution in [-0.2, 0) is 19.2 Å². The summed E-state index contributed by atoms with van der Waals surface area (Å²) in [6.07, 6.45) is 2.75. The first-order valence-electron chi connectivity index (χ1n) is 9.13. The van der Waals surface area contributed by atoms with Crippen LogP contribution in [0, 0.1) is 0 Å². The largest absolute Gasteiger partial charge is 0.480 e. The first-order chi connectivity index (χ1) is 14.1. The Balaban J connectivity index is 5.08. The maximum atomic E-state index is 12.6. The molecule has 13 nitrogen and oxygen atoms in total. The summed E-state index contributed by atoms with van der Waals surface area (Å²) in [5.41, 5.74) is 16.3. The van der Waals surface area contributed by atoms with E-state index < -0.39 is 55.0 Å². The number of rotatable bonds is 15. The van der Waals surface area contributed by atoms with Gasteiger partial charge < -0.3 is 43.4 Å². The third-order valence-corrected chi connectivity index (χ3v) is 4.42. The van der Waals surface area contributed by atoms with Crippen LogP contribution in [0.5, 0.6) is 0 Å². The Morgan fingerprint density at radius 3 is 2.20 bits per heavy atom. The van der Waals surface area contributed by atoms with Crippen LogP contribution in [-0.4, -0.2) is 89.7 Å². The number of nitrogens with one attached hydrogen (secondary N) is 3. The standard InChI is InChI=1S/C16H31N7O6S/c1-30-6-4-9(17)13(27)22-10(3-2-5-20-16(18)19)15(29)23-11(8-24)14(28)21-7-12(25)26/h9-11,24H,2-8,17H2,1H3,(H,21,28)(H,22,27)(H,23,29)(H,25,26)(H4,18,19,20). The second-order valence-corrected chi connectivity index (χ2v) is 7.24. The number of hydrogen-bond acceptors (Lipinski definition) is 8. The second kappa shape index (κ2) is 15.3. The van der Waals surface area contributed by atoms with Crippen LogP contribution in [0.2, 0.25) is 0 Å². The number of hydrogen-bond donors (Lipinski definition) is 8. The average Bonchev–Trinajstić information content (AvgIpc) is 2.69. The van der Waals surface area contributed by atoms with Crippen molar-refractivity contribution in [1.29, 1.82) is 0 Å². The second-order valence-electron chi connectivity index (χ2n) is 6.25. The molecule has 0 heterocycles. The number of aliphatic hydroxyl groups excluding tert-OH is 1. The highest BCUT2D eigenvalue weighted by Gasteiger charge is 2.27. The van der Waals surface area contributed by atoms with Crippen molar-refractivity contribution in [2.24, 2.45) is 22.2 Å². The molecule has 0 aromatic carbocycles. The summed E-state index contributed by atoms with van der Waals surface area (Å²) in [7, 11) is 0. The third kappa shape index (κ3) is 12.1. The number of carboxylic acid groups (broad SMARTS) is 1. The quantitative estimate of drug-likeness (QED) is 0.0691. The molecule has 0 bridgehead atoms. The van der Waals surface area contributed by atoms with Gasteiger partial charge in [0, 0.05) is 6.54 Å². The highest BCUT2D eigenvalue weighted by Crippen LogP contribution is 2.03. The fourth-order valence-corrected chi connectivity index (χ4v) is 2.67. The van der Waals surface area contributed by atoms with Crippen LogP contribution in [0.3, 0.4) is 0 Å². The van der Waals surface area contributed by atoms with E-state index in [1.807, 2.05) is 6.26 Å². The number of guanidine groups is 1. The predicted molar refractivity (Wildman–Crippen MR) is 112 cm³/mol. The lowest BCUT2D eigenvalue weighted by atomic mass is 10.1. The van der Waals surface area contributed by atoms with Gasteiger partial charge in [0.1, 0.15) is 18.6 Å². The van der Waals surface area contributed by atoms with E-state index in [1.54, 1.807) is 0 Å². The summed E-state index contributed by atoms with van der Waals surface area (Å²) in [5.74, 6) is -2.90. The molecule has 14 heteroatoms. The number of aliphatic hydroxyl groups is 1. The molecule has 172 valence electrons. The Morgan fingerprint density at radius 1 is 1.03 bits per heavy atom. The Hall–Kier alpha value is -2.58. The smallest absolute Gasteiger partial charge is 0.322 e. The van der Waals surface area contributed by atoms with Gasteiger partial charge in [-0.3, -0.25) is 24.2 Å².